The van der Waals surface area contributed by atoms with Gasteiger partial charge in [-0.3, -0.25) is 0 Å². The molecular weight excluding hydrogens is 334 g/mol. The summed E-state index contributed by atoms with van der Waals surface area (Å²) in [6, 6.07) is 12.7. The molecule has 0 N–H and O–H groups in total. The molecular formula is C22H25N5. The van der Waals surface area contributed by atoms with Crippen molar-refractivity contribution in [3.05, 3.63) is 60.2 Å². The van der Waals surface area contributed by atoms with Gasteiger partial charge < -0.3 is 4.57 Å². The monoisotopic (exact) mass is 359 g/mol. The van der Waals surface area contributed by atoms with E-state index in [1.807, 2.05) is 34.8 Å². The maximum absolute atomic E-state index is 4.65. The van der Waals surface area contributed by atoms with Crippen LogP contribution in [-0.2, 0) is 7.05 Å². The van der Waals surface area contributed by atoms with Crippen LogP contribution < -0.4 is 0 Å². The molecule has 0 amide bonds. The Morgan fingerprint density at radius 1 is 0.852 bits per heavy atom. The van der Waals surface area contributed by atoms with E-state index in [-0.39, 0.29) is 0 Å². The molecule has 0 bridgehead atoms. The summed E-state index contributed by atoms with van der Waals surface area (Å²) in [5.74, 6) is 1.63. The minimum absolute atomic E-state index is 0.392. The van der Waals surface area contributed by atoms with E-state index in [1.165, 1.54) is 11.1 Å². The molecule has 0 spiro atoms. The Morgan fingerprint density at radius 2 is 1.52 bits per heavy atom. The third-order valence-electron chi connectivity index (χ3n) is 5.08. The number of para-hydroxylation sites is 2. The lowest BCUT2D eigenvalue weighted by molar-refractivity contribution is 0.773. The third-order valence-corrected chi connectivity index (χ3v) is 5.08. The largest absolute Gasteiger partial charge is 0.333 e. The molecule has 0 saturated carbocycles. The van der Waals surface area contributed by atoms with Crippen LogP contribution in [0.3, 0.4) is 0 Å². The Bertz CT molecular complexity index is 1070. The third kappa shape index (κ3) is 2.83. The molecule has 0 aliphatic carbocycles. The topological polar surface area (TPSA) is 48.5 Å². The lowest BCUT2D eigenvalue weighted by Gasteiger charge is -2.20. The van der Waals surface area contributed by atoms with Gasteiger partial charge in [0.15, 0.2) is 5.82 Å². The number of imidazole rings is 1. The molecule has 2 heterocycles. The second kappa shape index (κ2) is 6.65. The highest BCUT2D eigenvalue weighted by molar-refractivity contribution is 5.90. The van der Waals surface area contributed by atoms with E-state index in [4.69, 9.17) is 0 Å². The number of fused-ring (bicyclic) bond motifs is 1. The summed E-state index contributed by atoms with van der Waals surface area (Å²) in [6.45, 7) is 8.89. The van der Waals surface area contributed by atoms with Gasteiger partial charge in [-0.25, -0.2) is 14.6 Å². The molecule has 138 valence electrons. The lowest BCUT2D eigenvalue weighted by Crippen LogP contribution is -2.10. The number of benzene rings is 2. The second-order valence-electron chi connectivity index (χ2n) is 7.62. The smallest absolute Gasteiger partial charge is 0.165 e. The van der Waals surface area contributed by atoms with Crippen molar-refractivity contribution in [2.45, 2.75) is 39.5 Å². The van der Waals surface area contributed by atoms with Crippen molar-refractivity contribution in [3.8, 4) is 17.1 Å². The SMILES string of the molecule is CC(C)c1cccc(C(C)C)c1-n1ncnc1-c1cccc2ncn(C)c12. The highest BCUT2D eigenvalue weighted by atomic mass is 15.3. The van der Waals surface area contributed by atoms with E-state index in [1.54, 1.807) is 6.33 Å². The molecule has 0 unspecified atom stereocenters. The first-order valence-corrected chi connectivity index (χ1v) is 9.42. The predicted molar refractivity (Wildman–Crippen MR) is 109 cm³/mol. The van der Waals surface area contributed by atoms with Crippen LogP contribution in [0.25, 0.3) is 28.1 Å². The predicted octanol–water partition coefficient (Wildman–Crippen LogP) is 5.07. The van der Waals surface area contributed by atoms with Gasteiger partial charge >= 0.3 is 0 Å². The van der Waals surface area contributed by atoms with Gasteiger partial charge in [-0.1, -0.05) is 52.0 Å². The Kier molecular flexibility index (Phi) is 4.30. The van der Waals surface area contributed by atoms with Gasteiger partial charge in [0.2, 0.25) is 0 Å². The zero-order chi connectivity index (χ0) is 19.1. The van der Waals surface area contributed by atoms with Crippen molar-refractivity contribution in [1.29, 1.82) is 0 Å². The zero-order valence-electron chi connectivity index (χ0n) is 16.5. The minimum Gasteiger partial charge on any atom is -0.333 e. The number of rotatable bonds is 4. The van der Waals surface area contributed by atoms with Crippen molar-refractivity contribution in [3.63, 3.8) is 0 Å². The van der Waals surface area contributed by atoms with Gasteiger partial charge in [0.25, 0.3) is 0 Å². The van der Waals surface area contributed by atoms with Crippen LogP contribution in [0.4, 0.5) is 0 Å². The first-order valence-electron chi connectivity index (χ1n) is 9.42. The summed E-state index contributed by atoms with van der Waals surface area (Å²) in [5, 5.41) is 4.65. The number of hydrogen-bond donors (Lipinski definition) is 0. The van der Waals surface area contributed by atoms with E-state index in [9.17, 15) is 0 Å². The molecule has 0 aliphatic heterocycles. The molecule has 0 saturated heterocycles. The van der Waals surface area contributed by atoms with E-state index in [0.29, 0.717) is 11.8 Å². The fraction of sp³-hybridized carbons (Fsp3) is 0.318. The summed E-state index contributed by atoms with van der Waals surface area (Å²) in [4.78, 5) is 9.13. The highest BCUT2D eigenvalue weighted by Gasteiger charge is 2.21. The number of aryl methyl sites for hydroxylation is 1. The summed E-state index contributed by atoms with van der Waals surface area (Å²) in [7, 11) is 2.02. The van der Waals surface area contributed by atoms with E-state index >= 15 is 0 Å². The van der Waals surface area contributed by atoms with Crippen LogP contribution >= 0.6 is 0 Å². The Labute approximate surface area is 159 Å². The van der Waals surface area contributed by atoms with Gasteiger partial charge in [0, 0.05) is 12.6 Å². The van der Waals surface area contributed by atoms with E-state index < -0.39 is 0 Å². The maximum Gasteiger partial charge on any atom is 0.165 e. The highest BCUT2D eigenvalue weighted by Crippen LogP contribution is 2.34. The molecule has 4 rings (SSSR count). The van der Waals surface area contributed by atoms with Crippen molar-refractivity contribution in [2.24, 2.45) is 7.05 Å². The fourth-order valence-electron chi connectivity index (χ4n) is 3.74. The van der Waals surface area contributed by atoms with E-state index in [0.717, 1.165) is 28.1 Å². The lowest BCUT2D eigenvalue weighted by atomic mass is 9.92. The van der Waals surface area contributed by atoms with Crippen LogP contribution in [0.15, 0.2) is 49.1 Å². The molecule has 0 aliphatic rings. The van der Waals surface area contributed by atoms with Crippen molar-refractivity contribution in [1.82, 2.24) is 24.3 Å². The van der Waals surface area contributed by atoms with Gasteiger partial charge in [-0.05, 0) is 35.1 Å². The van der Waals surface area contributed by atoms with Crippen LogP contribution in [0, 0.1) is 0 Å². The normalized spacial score (nSPS) is 11.8. The molecule has 5 heteroatoms. The molecule has 2 aromatic carbocycles. The molecule has 0 fully saturated rings. The summed E-state index contributed by atoms with van der Waals surface area (Å²) in [6.07, 6.45) is 3.49. The zero-order valence-corrected chi connectivity index (χ0v) is 16.5. The van der Waals surface area contributed by atoms with Crippen LogP contribution in [-0.4, -0.2) is 24.3 Å². The minimum atomic E-state index is 0.392. The molecule has 27 heavy (non-hydrogen) atoms. The first-order chi connectivity index (χ1) is 13.0. The number of aromatic nitrogens is 5. The Hall–Kier alpha value is -2.95. The molecule has 4 aromatic rings. The quantitative estimate of drug-likeness (QED) is 0.511. The standard InChI is InChI=1S/C22H25N5/c1-14(2)16-8-6-9-17(15(3)4)20(16)27-22(23-12-25-27)18-10-7-11-19-21(18)26(5)13-24-19/h6-15H,1-5H3. The number of nitrogens with zero attached hydrogens (tertiary/aromatic N) is 5. The average Bonchev–Trinajstić information content (AvgIpc) is 3.28. The summed E-state index contributed by atoms with van der Waals surface area (Å²) in [5.41, 5.74) is 6.79. The van der Waals surface area contributed by atoms with Gasteiger partial charge in [0.05, 0.1) is 23.0 Å². The maximum atomic E-state index is 4.65. The van der Waals surface area contributed by atoms with Crippen molar-refractivity contribution < 1.29 is 0 Å². The van der Waals surface area contributed by atoms with Crippen LogP contribution in [0.2, 0.25) is 0 Å². The van der Waals surface area contributed by atoms with Crippen molar-refractivity contribution in [2.75, 3.05) is 0 Å². The summed E-state index contributed by atoms with van der Waals surface area (Å²) < 4.78 is 4.05. The Morgan fingerprint density at radius 3 is 2.19 bits per heavy atom. The second-order valence-corrected chi connectivity index (χ2v) is 7.62. The van der Waals surface area contributed by atoms with Gasteiger partial charge in [0.1, 0.15) is 6.33 Å². The van der Waals surface area contributed by atoms with Crippen molar-refractivity contribution >= 4 is 11.0 Å². The Balaban J connectivity index is 2.03. The molecule has 0 atom stereocenters. The molecule has 0 radical (unpaired) electrons. The molecule has 2 aromatic heterocycles. The van der Waals surface area contributed by atoms with Crippen LogP contribution in [0.1, 0.15) is 50.7 Å². The fourth-order valence-corrected chi connectivity index (χ4v) is 3.74. The van der Waals surface area contributed by atoms with Gasteiger partial charge in [-0.15, -0.1) is 0 Å². The average molecular weight is 359 g/mol. The van der Waals surface area contributed by atoms with Gasteiger partial charge in [-0.2, -0.15) is 5.10 Å². The van der Waals surface area contributed by atoms with Crippen LogP contribution in [0.5, 0.6) is 0 Å². The first kappa shape index (κ1) is 17.5. The summed E-state index contributed by atoms with van der Waals surface area (Å²) >= 11 is 0. The van der Waals surface area contributed by atoms with E-state index in [2.05, 4.69) is 67.0 Å². The number of hydrogen-bond acceptors (Lipinski definition) is 3. The molecule has 5 nitrogen and oxygen atoms in total.